The lowest BCUT2D eigenvalue weighted by Gasteiger charge is -2.22. The molecule has 0 bridgehead atoms. The van der Waals surface area contributed by atoms with E-state index in [1.807, 2.05) is 62.4 Å². The van der Waals surface area contributed by atoms with Crippen molar-refractivity contribution in [3.8, 4) is 0 Å². The summed E-state index contributed by atoms with van der Waals surface area (Å²) in [5.41, 5.74) is 4.19. The molecular formula is C21H27N3O2. The third-order valence-corrected chi connectivity index (χ3v) is 4.25. The lowest BCUT2D eigenvalue weighted by Crippen LogP contribution is -2.39. The van der Waals surface area contributed by atoms with E-state index in [4.69, 9.17) is 0 Å². The van der Waals surface area contributed by atoms with Crippen LogP contribution in [0.5, 0.6) is 0 Å². The van der Waals surface area contributed by atoms with Crippen molar-refractivity contribution in [2.75, 3.05) is 32.5 Å². The van der Waals surface area contributed by atoms with Crippen LogP contribution in [0.3, 0.4) is 0 Å². The standard InChI is InChI=1S/C21H27N3O2/c1-16-9-11-19(12-10-16)22-20(25)14-23(3)15-21(26)24(4)13-18-8-6-5-7-17(18)2/h5-12H,13-15H2,1-4H3,(H,22,25). The average Bonchev–Trinajstić information content (AvgIpc) is 2.58. The van der Waals surface area contributed by atoms with Crippen molar-refractivity contribution in [3.05, 3.63) is 65.2 Å². The average molecular weight is 353 g/mol. The van der Waals surface area contributed by atoms with Crippen molar-refractivity contribution in [1.29, 1.82) is 0 Å². The molecule has 0 aromatic heterocycles. The number of hydrogen-bond donors (Lipinski definition) is 1. The van der Waals surface area contributed by atoms with Gasteiger partial charge in [0, 0.05) is 19.3 Å². The van der Waals surface area contributed by atoms with Gasteiger partial charge in [0.1, 0.15) is 0 Å². The van der Waals surface area contributed by atoms with E-state index in [9.17, 15) is 9.59 Å². The van der Waals surface area contributed by atoms with Gasteiger partial charge in [-0.1, -0.05) is 42.0 Å². The zero-order valence-electron chi connectivity index (χ0n) is 16.0. The lowest BCUT2D eigenvalue weighted by molar-refractivity contribution is -0.131. The second-order valence-electron chi connectivity index (χ2n) is 6.76. The molecule has 2 rings (SSSR count). The summed E-state index contributed by atoms with van der Waals surface area (Å²) >= 11 is 0. The summed E-state index contributed by atoms with van der Waals surface area (Å²) in [6, 6.07) is 15.7. The predicted octanol–water partition coefficient (Wildman–Crippen LogP) is 2.83. The van der Waals surface area contributed by atoms with Gasteiger partial charge in [0.25, 0.3) is 0 Å². The van der Waals surface area contributed by atoms with Gasteiger partial charge in [0.05, 0.1) is 13.1 Å². The van der Waals surface area contributed by atoms with Crippen molar-refractivity contribution in [3.63, 3.8) is 0 Å². The maximum Gasteiger partial charge on any atom is 0.238 e. The van der Waals surface area contributed by atoms with Gasteiger partial charge in [-0.25, -0.2) is 0 Å². The molecule has 0 aliphatic heterocycles. The van der Waals surface area contributed by atoms with E-state index in [-0.39, 0.29) is 24.9 Å². The van der Waals surface area contributed by atoms with Crippen LogP contribution >= 0.6 is 0 Å². The number of carbonyl (C=O) groups excluding carboxylic acids is 2. The molecule has 5 nitrogen and oxygen atoms in total. The molecule has 26 heavy (non-hydrogen) atoms. The van der Waals surface area contributed by atoms with E-state index in [2.05, 4.69) is 5.32 Å². The number of hydrogen-bond acceptors (Lipinski definition) is 3. The van der Waals surface area contributed by atoms with Crippen molar-refractivity contribution in [2.24, 2.45) is 0 Å². The van der Waals surface area contributed by atoms with Crippen molar-refractivity contribution in [1.82, 2.24) is 9.80 Å². The van der Waals surface area contributed by atoms with Crippen LogP contribution in [0.1, 0.15) is 16.7 Å². The molecule has 0 heterocycles. The fraction of sp³-hybridized carbons (Fsp3) is 0.333. The van der Waals surface area contributed by atoms with Gasteiger partial charge in [0.2, 0.25) is 11.8 Å². The Hall–Kier alpha value is -2.66. The predicted molar refractivity (Wildman–Crippen MR) is 105 cm³/mol. The van der Waals surface area contributed by atoms with E-state index in [0.29, 0.717) is 6.54 Å². The maximum absolute atomic E-state index is 12.4. The summed E-state index contributed by atoms with van der Waals surface area (Å²) in [6.07, 6.45) is 0. The third-order valence-electron chi connectivity index (χ3n) is 4.25. The molecule has 1 N–H and O–H groups in total. The summed E-state index contributed by atoms with van der Waals surface area (Å²) in [5.74, 6) is -0.149. The Balaban J connectivity index is 1.81. The summed E-state index contributed by atoms with van der Waals surface area (Å²) < 4.78 is 0. The first-order chi connectivity index (χ1) is 12.3. The third kappa shape index (κ3) is 6.01. The number of nitrogens with zero attached hydrogens (tertiary/aromatic N) is 2. The Morgan fingerprint density at radius 3 is 2.23 bits per heavy atom. The second kappa shape index (κ2) is 9.15. The summed E-state index contributed by atoms with van der Waals surface area (Å²) in [4.78, 5) is 27.9. The Labute approximate surface area is 155 Å². The highest BCUT2D eigenvalue weighted by atomic mass is 16.2. The molecule has 0 aliphatic rings. The van der Waals surface area contributed by atoms with E-state index in [1.165, 1.54) is 0 Å². The molecule has 2 amide bonds. The smallest absolute Gasteiger partial charge is 0.238 e. The summed E-state index contributed by atoms with van der Waals surface area (Å²) in [7, 11) is 3.56. The van der Waals surface area contributed by atoms with E-state index < -0.39 is 0 Å². The molecule has 0 aliphatic carbocycles. The van der Waals surface area contributed by atoms with Crippen LogP contribution in [-0.4, -0.2) is 48.8 Å². The monoisotopic (exact) mass is 353 g/mol. The van der Waals surface area contributed by atoms with Crippen LogP contribution < -0.4 is 5.32 Å². The van der Waals surface area contributed by atoms with Gasteiger partial charge < -0.3 is 10.2 Å². The van der Waals surface area contributed by atoms with Gasteiger partial charge in [-0.3, -0.25) is 14.5 Å². The molecule has 138 valence electrons. The number of amides is 2. The minimum absolute atomic E-state index is 0.0149. The number of benzene rings is 2. The molecule has 0 fully saturated rings. The van der Waals surface area contributed by atoms with Crippen LogP contribution in [-0.2, 0) is 16.1 Å². The Morgan fingerprint density at radius 2 is 1.58 bits per heavy atom. The zero-order valence-corrected chi connectivity index (χ0v) is 16.0. The highest BCUT2D eigenvalue weighted by Crippen LogP contribution is 2.10. The summed E-state index contributed by atoms with van der Waals surface area (Å²) in [6.45, 7) is 4.96. The number of rotatable bonds is 7. The van der Waals surface area contributed by atoms with Crippen LogP contribution in [0.15, 0.2) is 48.5 Å². The molecule has 0 spiro atoms. The number of carbonyl (C=O) groups is 2. The van der Waals surface area contributed by atoms with Gasteiger partial charge in [-0.15, -0.1) is 0 Å². The zero-order chi connectivity index (χ0) is 19.1. The molecule has 5 heteroatoms. The first-order valence-electron chi connectivity index (χ1n) is 8.68. The second-order valence-corrected chi connectivity index (χ2v) is 6.76. The topological polar surface area (TPSA) is 52.7 Å². The first kappa shape index (κ1) is 19.7. The molecular weight excluding hydrogens is 326 g/mol. The first-order valence-corrected chi connectivity index (χ1v) is 8.68. The number of likely N-dealkylation sites (N-methyl/N-ethyl adjacent to an activating group) is 2. The molecule has 0 radical (unpaired) electrons. The normalized spacial score (nSPS) is 10.7. The van der Waals surface area contributed by atoms with E-state index >= 15 is 0 Å². The quantitative estimate of drug-likeness (QED) is 0.833. The van der Waals surface area contributed by atoms with Crippen LogP contribution in [0, 0.1) is 13.8 Å². The molecule has 0 unspecified atom stereocenters. The van der Waals surface area contributed by atoms with Crippen molar-refractivity contribution in [2.45, 2.75) is 20.4 Å². The fourth-order valence-electron chi connectivity index (χ4n) is 2.62. The molecule has 0 atom stereocenters. The summed E-state index contributed by atoms with van der Waals surface area (Å²) in [5, 5.41) is 2.84. The largest absolute Gasteiger partial charge is 0.340 e. The Kier molecular flexibility index (Phi) is 6.92. The van der Waals surface area contributed by atoms with E-state index in [0.717, 1.165) is 22.4 Å². The van der Waals surface area contributed by atoms with Gasteiger partial charge >= 0.3 is 0 Å². The number of nitrogens with one attached hydrogen (secondary N) is 1. The molecule has 0 saturated heterocycles. The van der Waals surface area contributed by atoms with E-state index in [1.54, 1.807) is 23.9 Å². The van der Waals surface area contributed by atoms with Crippen molar-refractivity contribution >= 4 is 17.5 Å². The molecule has 0 saturated carbocycles. The van der Waals surface area contributed by atoms with Crippen LogP contribution in [0.4, 0.5) is 5.69 Å². The minimum Gasteiger partial charge on any atom is -0.340 e. The fourth-order valence-corrected chi connectivity index (χ4v) is 2.62. The van der Waals surface area contributed by atoms with Gasteiger partial charge in [0.15, 0.2) is 0 Å². The van der Waals surface area contributed by atoms with Crippen molar-refractivity contribution < 1.29 is 9.59 Å². The molecule has 2 aromatic carbocycles. The lowest BCUT2D eigenvalue weighted by atomic mass is 10.1. The Morgan fingerprint density at radius 1 is 0.923 bits per heavy atom. The van der Waals surface area contributed by atoms with Gasteiger partial charge in [-0.05, 0) is 44.2 Å². The minimum atomic E-state index is -0.134. The van der Waals surface area contributed by atoms with Crippen LogP contribution in [0.2, 0.25) is 0 Å². The SMILES string of the molecule is Cc1ccc(NC(=O)CN(C)CC(=O)N(C)Cc2ccccc2C)cc1. The highest BCUT2D eigenvalue weighted by molar-refractivity contribution is 5.92. The maximum atomic E-state index is 12.4. The number of anilines is 1. The Bertz CT molecular complexity index is 756. The number of aryl methyl sites for hydroxylation is 2. The molecule has 2 aromatic rings. The highest BCUT2D eigenvalue weighted by Gasteiger charge is 2.15. The van der Waals surface area contributed by atoms with Gasteiger partial charge in [-0.2, -0.15) is 0 Å². The van der Waals surface area contributed by atoms with Crippen LogP contribution in [0.25, 0.3) is 0 Å².